The van der Waals surface area contributed by atoms with E-state index >= 15 is 0 Å². The lowest BCUT2D eigenvalue weighted by molar-refractivity contribution is 0.318. The molecule has 0 aromatic carbocycles. The summed E-state index contributed by atoms with van der Waals surface area (Å²) < 4.78 is 0. The molecule has 0 saturated carbocycles. The molecule has 2 aromatic rings. The van der Waals surface area contributed by atoms with Gasteiger partial charge in [0, 0.05) is 31.2 Å². The predicted molar refractivity (Wildman–Crippen MR) is 76.2 cm³/mol. The number of nitrogens with two attached hydrogens (primary N) is 1. The van der Waals surface area contributed by atoms with E-state index in [9.17, 15) is 0 Å². The van der Waals surface area contributed by atoms with Crippen LogP contribution in [0.15, 0.2) is 48.0 Å². The van der Waals surface area contributed by atoms with Crippen molar-refractivity contribution in [3.05, 3.63) is 59.7 Å². The zero-order valence-electron chi connectivity index (χ0n) is 11.2. The average molecular weight is 271 g/mol. The predicted octanol–water partition coefficient (Wildman–Crippen LogP) is 1.42. The van der Waals surface area contributed by atoms with Gasteiger partial charge in [-0.1, -0.05) is 5.16 Å². The molecule has 4 N–H and O–H groups in total. The van der Waals surface area contributed by atoms with Crippen molar-refractivity contribution >= 4 is 5.84 Å². The number of pyridine rings is 2. The number of hydrogen-bond acceptors (Lipinski definition) is 5. The second-order valence-electron chi connectivity index (χ2n) is 4.42. The van der Waals surface area contributed by atoms with E-state index in [1.165, 1.54) is 5.56 Å². The zero-order chi connectivity index (χ0) is 14.4. The normalized spacial score (nSPS) is 13.2. The van der Waals surface area contributed by atoms with Gasteiger partial charge in [-0.2, -0.15) is 0 Å². The molecule has 1 unspecified atom stereocenters. The molecule has 1 atom stereocenters. The Balaban J connectivity index is 2.01. The van der Waals surface area contributed by atoms with Gasteiger partial charge in [-0.15, -0.1) is 0 Å². The van der Waals surface area contributed by atoms with Gasteiger partial charge < -0.3 is 16.3 Å². The monoisotopic (exact) mass is 271 g/mol. The maximum absolute atomic E-state index is 8.65. The van der Waals surface area contributed by atoms with E-state index in [0.29, 0.717) is 12.2 Å². The molecular weight excluding hydrogens is 254 g/mol. The molecule has 0 spiro atoms. The van der Waals surface area contributed by atoms with Crippen LogP contribution in [-0.4, -0.2) is 21.0 Å². The number of aromatic nitrogens is 2. The lowest BCUT2D eigenvalue weighted by Crippen LogP contribution is -2.19. The summed E-state index contributed by atoms with van der Waals surface area (Å²) in [6.07, 6.45) is 5.19. The molecule has 0 fully saturated rings. The first kappa shape index (κ1) is 14.0. The van der Waals surface area contributed by atoms with Crippen LogP contribution in [0.2, 0.25) is 0 Å². The van der Waals surface area contributed by atoms with Crippen molar-refractivity contribution in [1.82, 2.24) is 15.3 Å². The largest absolute Gasteiger partial charge is 0.409 e. The highest BCUT2D eigenvalue weighted by Crippen LogP contribution is 2.11. The lowest BCUT2D eigenvalue weighted by Gasteiger charge is -2.14. The van der Waals surface area contributed by atoms with Crippen LogP contribution in [0.3, 0.4) is 0 Å². The molecule has 6 nitrogen and oxygen atoms in total. The zero-order valence-corrected chi connectivity index (χ0v) is 11.2. The van der Waals surface area contributed by atoms with E-state index in [-0.39, 0.29) is 11.9 Å². The second kappa shape index (κ2) is 6.63. The second-order valence-corrected chi connectivity index (χ2v) is 4.42. The Bertz CT molecular complexity index is 585. The molecule has 0 bridgehead atoms. The van der Waals surface area contributed by atoms with Crippen molar-refractivity contribution in [1.29, 1.82) is 0 Å². The van der Waals surface area contributed by atoms with Gasteiger partial charge >= 0.3 is 0 Å². The maximum Gasteiger partial charge on any atom is 0.188 e. The smallest absolute Gasteiger partial charge is 0.188 e. The summed E-state index contributed by atoms with van der Waals surface area (Å²) in [7, 11) is 0. The molecule has 0 aliphatic rings. The third-order valence-electron chi connectivity index (χ3n) is 3.01. The Kier molecular flexibility index (Phi) is 4.62. The maximum atomic E-state index is 8.65. The minimum atomic E-state index is 0.00836. The summed E-state index contributed by atoms with van der Waals surface area (Å²) in [5.74, 6) is 0.00836. The van der Waals surface area contributed by atoms with E-state index in [1.807, 2.05) is 18.2 Å². The van der Waals surface area contributed by atoms with Crippen LogP contribution in [0.1, 0.15) is 29.8 Å². The number of amidine groups is 1. The summed E-state index contributed by atoms with van der Waals surface area (Å²) in [4.78, 5) is 8.04. The van der Waals surface area contributed by atoms with Gasteiger partial charge in [0.15, 0.2) is 5.84 Å². The minimum absolute atomic E-state index is 0.00836. The number of nitrogens with one attached hydrogen (secondary N) is 1. The van der Waals surface area contributed by atoms with Crippen molar-refractivity contribution in [2.75, 3.05) is 0 Å². The standard InChI is InChI=1S/C14H17N5O/c1-10(12-3-5-16-6-4-12)18-9-11-2-7-17-13(8-11)14(15)19-20/h2-8,10,18,20H,9H2,1H3,(H2,15,19). The number of nitrogens with zero attached hydrogens (tertiary/aromatic N) is 3. The highest BCUT2D eigenvalue weighted by Gasteiger charge is 2.06. The third kappa shape index (κ3) is 3.52. The first-order valence-corrected chi connectivity index (χ1v) is 6.27. The van der Waals surface area contributed by atoms with Crippen molar-refractivity contribution in [3.63, 3.8) is 0 Å². The first-order valence-electron chi connectivity index (χ1n) is 6.27. The van der Waals surface area contributed by atoms with E-state index in [2.05, 4.69) is 27.4 Å². The molecule has 0 amide bonds. The van der Waals surface area contributed by atoms with Crippen LogP contribution in [0.25, 0.3) is 0 Å². The molecule has 0 aliphatic heterocycles. The van der Waals surface area contributed by atoms with Gasteiger partial charge in [0.05, 0.1) is 0 Å². The van der Waals surface area contributed by atoms with Crippen molar-refractivity contribution in [2.24, 2.45) is 10.9 Å². The van der Waals surface area contributed by atoms with E-state index < -0.39 is 0 Å². The van der Waals surface area contributed by atoms with Gasteiger partial charge in [-0.25, -0.2) is 0 Å². The lowest BCUT2D eigenvalue weighted by atomic mass is 10.1. The summed E-state index contributed by atoms with van der Waals surface area (Å²) in [5.41, 5.74) is 8.17. The van der Waals surface area contributed by atoms with Crippen LogP contribution in [0, 0.1) is 0 Å². The van der Waals surface area contributed by atoms with Crippen molar-refractivity contribution in [2.45, 2.75) is 19.5 Å². The van der Waals surface area contributed by atoms with Gasteiger partial charge in [-0.3, -0.25) is 9.97 Å². The molecule has 2 rings (SSSR count). The Morgan fingerprint density at radius 2 is 2.10 bits per heavy atom. The van der Waals surface area contributed by atoms with Gasteiger partial charge in [0.1, 0.15) is 5.69 Å². The van der Waals surface area contributed by atoms with E-state index in [4.69, 9.17) is 10.9 Å². The summed E-state index contributed by atoms with van der Waals surface area (Å²) in [6, 6.07) is 7.85. The van der Waals surface area contributed by atoms with Crippen LogP contribution in [0.4, 0.5) is 0 Å². The van der Waals surface area contributed by atoms with Crippen molar-refractivity contribution < 1.29 is 5.21 Å². The van der Waals surface area contributed by atoms with Gasteiger partial charge in [0.25, 0.3) is 0 Å². The summed E-state index contributed by atoms with van der Waals surface area (Å²) in [6.45, 7) is 2.75. The fraction of sp³-hybridized carbons (Fsp3) is 0.214. The van der Waals surface area contributed by atoms with Crippen LogP contribution in [0.5, 0.6) is 0 Å². The third-order valence-corrected chi connectivity index (χ3v) is 3.01. The van der Waals surface area contributed by atoms with E-state index in [0.717, 1.165) is 5.56 Å². The minimum Gasteiger partial charge on any atom is -0.409 e. The van der Waals surface area contributed by atoms with Gasteiger partial charge in [-0.05, 0) is 42.3 Å². The SMILES string of the molecule is CC(NCc1ccnc(C(N)=NO)c1)c1ccncc1. The average Bonchev–Trinajstić information content (AvgIpc) is 2.53. The fourth-order valence-corrected chi connectivity index (χ4v) is 1.82. The molecule has 2 aromatic heterocycles. The van der Waals surface area contributed by atoms with Crippen LogP contribution in [-0.2, 0) is 6.54 Å². The molecule has 0 saturated heterocycles. The first-order chi connectivity index (χ1) is 9.70. The Morgan fingerprint density at radius 3 is 2.80 bits per heavy atom. The van der Waals surface area contributed by atoms with Crippen LogP contribution < -0.4 is 11.1 Å². The summed E-state index contributed by atoms with van der Waals surface area (Å²) in [5, 5.41) is 15.0. The quantitative estimate of drug-likeness (QED) is 0.331. The van der Waals surface area contributed by atoms with Gasteiger partial charge in [0.2, 0.25) is 0 Å². The Hall–Kier alpha value is -2.47. The van der Waals surface area contributed by atoms with Crippen LogP contribution >= 0.6 is 0 Å². The molecular formula is C14H17N5O. The molecule has 6 heteroatoms. The molecule has 0 aliphatic carbocycles. The highest BCUT2D eigenvalue weighted by molar-refractivity contribution is 5.95. The molecule has 0 radical (unpaired) electrons. The van der Waals surface area contributed by atoms with E-state index in [1.54, 1.807) is 24.7 Å². The number of oxime groups is 1. The van der Waals surface area contributed by atoms with Crippen molar-refractivity contribution in [3.8, 4) is 0 Å². The number of rotatable bonds is 5. The molecule has 20 heavy (non-hydrogen) atoms. The Morgan fingerprint density at radius 1 is 1.35 bits per heavy atom. The fourth-order valence-electron chi connectivity index (χ4n) is 1.82. The summed E-state index contributed by atoms with van der Waals surface area (Å²) >= 11 is 0. The molecule has 104 valence electrons. The molecule has 2 heterocycles. The number of hydrogen-bond donors (Lipinski definition) is 3. The highest BCUT2D eigenvalue weighted by atomic mass is 16.4. The topological polar surface area (TPSA) is 96.4 Å². The Labute approximate surface area is 117 Å².